The molecule has 2 rings (SSSR count). The van der Waals surface area contributed by atoms with E-state index in [0.717, 1.165) is 25.9 Å². The Morgan fingerprint density at radius 2 is 2.14 bits per heavy atom. The summed E-state index contributed by atoms with van der Waals surface area (Å²) in [6, 6.07) is 4.87. The van der Waals surface area contributed by atoms with Gasteiger partial charge in [-0.05, 0) is 38.1 Å². The van der Waals surface area contributed by atoms with Gasteiger partial charge in [0, 0.05) is 19.6 Å². The molecule has 1 aromatic rings. The second-order valence-electron chi connectivity index (χ2n) is 5.32. The lowest BCUT2D eigenvalue weighted by atomic mass is 10.2. The topological polar surface area (TPSA) is 73.7 Å². The Hall–Kier alpha value is -1.95. The van der Waals surface area contributed by atoms with E-state index in [-0.39, 0.29) is 17.3 Å². The summed E-state index contributed by atoms with van der Waals surface area (Å²) in [5.41, 5.74) is 0.0729. The van der Waals surface area contributed by atoms with Gasteiger partial charge in [0.1, 0.15) is 11.4 Å². The van der Waals surface area contributed by atoms with Gasteiger partial charge in [-0.15, -0.1) is 0 Å². The van der Waals surface area contributed by atoms with Gasteiger partial charge < -0.3 is 10.0 Å². The van der Waals surface area contributed by atoms with Crippen LogP contribution in [0.25, 0.3) is 0 Å². The zero-order chi connectivity index (χ0) is 15.4. The van der Waals surface area contributed by atoms with Gasteiger partial charge in [-0.1, -0.05) is 13.0 Å². The first-order chi connectivity index (χ1) is 10.0. The Morgan fingerprint density at radius 3 is 2.81 bits per heavy atom. The molecule has 2 heterocycles. The summed E-state index contributed by atoms with van der Waals surface area (Å²) in [6.07, 6.45) is 2.25. The van der Waals surface area contributed by atoms with E-state index in [4.69, 9.17) is 5.11 Å². The predicted octanol–water partition coefficient (Wildman–Crippen LogP) is 1.34. The van der Waals surface area contributed by atoms with Crippen LogP contribution < -0.4 is 0 Å². The molecule has 21 heavy (non-hydrogen) atoms. The van der Waals surface area contributed by atoms with E-state index >= 15 is 0 Å². The summed E-state index contributed by atoms with van der Waals surface area (Å²) in [4.78, 5) is 31.2. The number of carboxylic acid groups (broad SMARTS) is 1. The van der Waals surface area contributed by atoms with Crippen LogP contribution in [0, 0.1) is 0 Å². The van der Waals surface area contributed by atoms with Crippen molar-refractivity contribution < 1.29 is 14.7 Å². The Labute approximate surface area is 124 Å². The van der Waals surface area contributed by atoms with Crippen molar-refractivity contribution in [3.63, 3.8) is 0 Å². The molecule has 6 nitrogen and oxygen atoms in total. The summed E-state index contributed by atoms with van der Waals surface area (Å²) in [7, 11) is 1.74. The van der Waals surface area contributed by atoms with Gasteiger partial charge in [0.25, 0.3) is 5.91 Å². The molecular formula is C15H21N3O3. The highest BCUT2D eigenvalue weighted by atomic mass is 16.4. The molecule has 1 atom stereocenters. The zero-order valence-electron chi connectivity index (χ0n) is 12.5. The molecule has 1 aromatic heterocycles. The second kappa shape index (κ2) is 6.67. The summed E-state index contributed by atoms with van der Waals surface area (Å²) in [5.74, 6) is -1.36. The van der Waals surface area contributed by atoms with Crippen molar-refractivity contribution in [3.8, 4) is 0 Å². The van der Waals surface area contributed by atoms with Crippen LogP contribution in [-0.4, -0.2) is 64.5 Å². The first kappa shape index (κ1) is 15.4. The van der Waals surface area contributed by atoms with Crippen LogP contribution in [0.15, 0.2) is 18.2 Å². The van der Waals surface area contributed by atoms with Crippen molar-refractivity contribution in [1.29, 1.82) is 0 Å². The number of aromatic nitrogens is 1. The minimum Gasteiger partial charge on any atom is -0.477 e. The van der Waals surface area contributed by atoms with Crippen molar-refractivity contribution in [1.82, 2.24) is 14.8 Å². The van der Waals surface area contributed by atoms with Gasteiger partial charge >= 0.3 is 5.97 Å². The molecule has 1 amide bonds. The van der Waals surface area contributed by atoms with Crippen LogP contribution in [0.1, 0.15) is 40.7 Å². The lowest BCUT2D eigenvalue weighted by Crippen LogP contribution is -2.41. The zero-order valence-corrected chi connectivity index (χ0v) is 12.5. The van der Waals surface area contributed by atoms with E-state index in [0.29, 0.717) is 12.6 Å². The number of likely N-dealkylation sites (tertiary alicyclic amines) is 1. The third-order valence-electron chi connectivity index (χ3n) is 3.92. The highest BCUT2D eigenvalue weighted by Crippen LogP contribution is 2.17. The maximum atomic E-state index is 12.4. The van der Waals surface area contributed by atoms with Gasteiger partial charge in [-0.2, -0.15) is 0 Å². The Morgan fingerprint density at radius 1 is 1.43 bits per heavy atom. The van der Waals surface area contributed by atoms with Crippen LogP contribution in [-0.2, 0) is 0 Å². The molecule has 1 fully saturated rings. The number of carboxylic acids is 1. The monoisotopic (exact) mass is 291 g/mol. The number of aromatic carboxylic acids is 1. The van der Waals surface area contributed by atoms with Crippen LogP contribution in [0.3, 0.4) is 0 Å². The van der Waals surface area contributed by atoms with Crippen LogP contribution in [0.2, 0.25) is 0 Å². The first-order valence-corrected chi connectivity index (χ1v) is 7.22. The Kier molecular flexibility index (Phi) is 4.90. The Bertz CT molecular complexity index is 533. The number of rotatable bonds is 5. The number of carbonyl (C=O) groups excluding carboxylic acids is 1. The van der Waals surface area contributed by atoms with E-state index < -0.39 is 5.97 Å². The van der Waals surface area contributed by atoms with E-state index in [9.17, 15) is 9.59 Å². The quantitative estimate of drug-likeness (QED) is 0.886. The number of hydrogen-bond acceptors (Lipinski definition) is 4. The van der Waals surface area contributed by atoms with Gasteiger partial charge in [0.05, 0.1) is 0 Å². The van der Waals surface area contributed by atoms with E-state index in [2.05, 4.69) is 16.8 Å². The molecule has 1 aliphatic heterocycles. The highest BCUT2D eigenvalue weighted by molar-refractivity contribution is 5.94. The molecule has 0 radical (unpaired) electrons. The summed E-state index contributed by atoms with van der Waals surface area (Å²) in [5, 5.41) is 8.93. The van der Waals surface area contributed by atoms with Gasteiger partial charge in [-0.3, -0.25) is 9.69 Å². The standard InChI is InChI=1S/C15H21N3O3/c1-3-18-9-5-6-11(18)10-17(2)14(19)12-7-4-8-13(16-12)15(20)21/h4,7-8,11H,3,5-6,9-10H2,1-2H3,(H,20,21). The lowest BCUT2D eigenvalue weighted by Gasteiger charge is -2.27. The molecule has 114 valence electrons. The minimum absolute atomic E-state index is 0.106. The maximum absolute atomic E-state index is 12.4. The second-order valence-corrected chi connectivity index (χ2v) is 5.32. The number of likely N-dealkylation sites (N-methyl/N-ethyl adjacent to an activating group) is 2. The fraction of sp³-hybridized carbons (Fsp3) is 0.533. The number of nitrogens with zero attached hydrogens (tertiary/aromatic N) is 3. The average Bonchev–Trinajstić information content (AvgIpc) is 2.93. The largest absolute Gasteiger partial charge is 0.477 e. The molecule has 0 saturated carbocycles. The van der Waals surface area contributed by atoms with E-state index in [1.807, 2.05) is 0 Å². The SMILES string of the molecule is CCN1CCCC1CN(C)C(=O)c1cccc(C(=O)O)n1. The van der Waals surface area contributed by atoms with Crippen LogP contribution in [0.4, 0.5) is 0 Å². The molecule has 0 aromatic carbocycles. The molecule has 1 saturated heterocycles. The van der Waals surface area contributed by atoms with Crippen molar-refractivity contribution in [3.05, 3.63) is 29.6 Å². The number of hydrogen-bond donors (Lipinski definition) is 1. The minimum atomic E-state index is -1.12. The summed E-state index contributed by atoms with van der Waals surface area (Å²) >= 11 is 0. The predicted molar refractivity (Wildman–Crippen MR) is 78.4 cm³/mol. The molecule has 0 spiro atoms. The molecule has 0 bridgehead atoms. The number of carbonyl (C=O) groups is 2. The Balaban J connectivity index is 2.05. The highest BCUT2D eigenvalue weighted by Gasteiger charge is 2.26. The normalized spacial score (nSPS) is 18.7. The summed E-state index contributed by atoms with van der Waals surface area (Å²) < 4.78 is 0. The third kappa shape index (κ3) is 3.58. The lowest BCUT2D eigenvalue weighted by molar-refractivity contribution is 0.0689. The van der Waals surface area contributed by atoms with Crippen molar-refractivity contribution in [2.24, 2.45) is 0 Å². The van der Waals surface area contributed by atoms with Crippen LogP contribution in [0.5, 0.6) is 0 Å². The summed E-state index contributed by atoms with van der Waals surface area (Å²) in [6.45, 7) is 4.83. The third-order valence-corrected chi connectivity index (χ3v) is 3.92. The van der Waals surface area contributed by atoms with Crippen LogP contribution >= 0.6 is 0 Å². The first-order valence-electron chi connectivity index (χ1n) is 7.22. The molecule has 0 aliphatic carbocycles. The molecule has 1 N–H and O–H groups in total. The van der Waals surface area contributed by atoms with Gasteiger partial charge in [0.2, 0.25) is 0 Å². The fourth-order valence-corrected chi connectivity index (χ4v) is 2.79. The number of amides is 1. The molecule has 1 aliphatic rings. The maximum Gasteiger partial charge on any atom is 0.354 e. The van der Waals surface area contributed by atoms with Crippen molar-refractivity contribution >= 4 is 11.9 Å². The van der Waals surface area contributed by atoms with Crippen molar-refractivity contribution in [2.75, 3.05) is 26.7 Å². The van der Waals surface area contributed by atoms with E-state index in [1.54, 1.807) is 24.1 Å². The van der Waals surface area contributed by atoms with E-state index in [1.165, 1.54) is 6.07 Å². The molecule has 1 unspecified atom stereocenters. The number of pyridine rings is 1. The fourth-order valence-electron chi connectivity index (χ4n) is 2.79. The van der Waals surface area contributed by atoms with Gasteiger partial charge in [-0.25, -0.2) is 9.78 Å². The average molecular weight is 291 g/mol. The molecular weight excluding hydrogens is 270 g/mol. The van der Waals surface area contributed by atoms with Crippen molar-refractivity contribution in [2.45, 2.75) is 25.8 Å². The smallest absolute Gasteiger partial charge is 0.354 e. The van der Waals surface area contributed by atoms with Gasteiger partial charge in [0.15, 0.2) is 0 Å². The molecule has 6 heteroatoms.